The van der Waals surface area contributed by atoms with Crippen molar-refractivity contribution in [1.82, 2.24) is 14.5 Å². The van der Waals surface area contributed by atoms with Gasteiger partial charge in [-0.05, 0) is 18.2 Å². The number of hydrogen-bond donors (Lipinski definition) is 1. The highest BCUT2D eigenvalue weighted by Gasteiger charge is 2.18. The van der Waals surface area contributed by atoms with Crippen LogP contribution in [0.1, 0.15) is 5.82 Å². The Morgan fingerprint density at radius 2 is 2.22 bits per heavy atom. The highest BCUT2D eigenvalue weighted by atomic mass is 79.9. The Hall–Kier alpha value is -1.24. The highest BCUT2D eigenvalue weighted by molar-refractivity contribution is 9.10. The van der Waals surface area contributed by atoms with Crippen molar-refractivity contribution in [2.45, 2.75) is 13.1 Å². The summed E-state index contributed by atoms with van der Waals surface area (Å²) in [5.41, 5.74) is 6.42. The minimum Gasteiger partial charge on any atom is -0.318 e. The first-order valence-corrected chi connectivity index (χ1v) is 6.60. The van der Waals surface area contributed by atoms with E-state index in [-0.39, 0.29) is 5.56 Å². The number of nitrogens with zero attached hydrogens (tertiary/aromatic N) is 3. The van der Waals surface area contributed by atoms with E-state index < -0.39 is 0 Å². The molecule has 18 heavy (non-hydrogen) atoms. The van der Waals surface area contributed by atoms with Gasteiger partial charge in [-0.15, -0.1) is 0 Å². The van der Waals surface area contributed by atoms with E-state index in [0.29, 0.717) is 25.1 Å². The maximum atomic E-state index is 12.3. The van der Waals surface area contributed by atoms with Crippen LogP contribution < -0.4 is 11.3 Å². The van der Waals surface area contributed by atoms with Crippen molar-refractivity contribution < 1.29 is 0 Å². The molecule has 0 amide bonds. The molecule has 5 nitrogen and oxygen atoms in total. The van der Waals surface area contributed by atoms with Crippen molar-refractivity contribution in [1.29, 1.82) is 0 Å². The summed E-state index contributed by atoms with van der Waals surface area (Å²) in [5, 5.41) is 0.670. The third-order valence-electron chi connectivity index (χ3n) is 3.26. The molecule has 1 aromatic heterocycles. The Morgan fingerprint density at radius 1 is 1.39 bits per heavy atom. The molecule has 0 saturated heterocycles. The van der Waals surface area contributed by atoms with Gasteiger partial charge in [0.25, 0.3) is 5.56 Å². The van der Waals surface area contributed by atoms with Crippen LogP contribution in [-0.4, -0.2) is 27.7 Å². The van der Waals surface area contributed by atoms with Gasteiger partial charge in [-0.3, -0.25) is 14.3 Å². The maximum Gasteiger partial charge on any atom is 0.261 e. The lowest BCUT2D eigenvalue weighted by Gasteiger charge is -2.27. The summed E-state index contributed by atoms with van der Waals surface area (Å²) >= 11 is 3.40. The standard InChI is InChI=1S/C12H13BrN4O/c13-8-1-2-9-10(5-8)15-11-6-16(7-14)3-4-17(11)12(9)18/h1-2,5H,3-4,6-7,14H2. The Morgan fingerprint density at radius 3 is 3.00 bits per heavy atom. The number of halogens is 1. The summed E-state index contributed by atoms with van der Waals surface area (Å²) < 4.78 is 2.68. The summed E-state index contributed by atoms with van der Waals surface area (Å²) in [6, 6.07) is 5.56. The molecule has 1 aliphatic heterocycles. The summed E-state index contributed by atoms with van der Waals surface area (Å²) in [4.78, 5) is 19.0. The second kappa shape index (κ2) is 4.46. The molecule has 1 aliphatic rings. The van der Waals surface area contributed by atoms with E-state index in [4.69, 9.17) is 5.73 Å². The minimum absolute atomic E-state index is 0.0409. The van der Waals surface area contributed by atoms with Gasteiger partial charge in [-0.2, -0.15) is 0 Å². The predicted molar refractivity (Wildman–Crippen MR) is 73.2 cm³/mol. The van der Waals surface area contributed by atoms with Crippen LogP contribution in [0.3, 0.4) is 0 Å². The molecule has 2 N–H and O–H groups in total. The first kappa shape index (κ1) is 11.8. The zero-order chi connectivity index (χ0) is 12.7. The molecule has 6 heteroatoms. The summed E-state index contributed by atoms with van der Waals surface area (Å²) in [5.74, 6) is 0.794. The molecule has 0 atom stereocenters. The second-order valence-electron chi connectivity index (χ2n) is 4.38. The van der Waals surface area contributed by atoms with Gasteiger partial charge in [0.1, 0.15) is 5.82 Å². The van der Waals surface area contributed by atoms with Crippen LogP contribution in [-0.2, 0) is 13.1 Å². The molecule has 0 radical (unpaired) electrons. The Balaban J connectivity index is 2.23. The molecule has 0 spiro atoms. The van der Waals surface area contributed by atoms with Crippen molar-refractivity contribution in [3.63, 3.8) is 0 Å². The Labute approximate surface area is 112 Å². The number of nitrogens with two attached hydrogens (primary N) is 1. The summed E-state index contributed by atoms with van der Waals surface area (Å²) in [6.07, 6.45) is 0. The molecule has 2 heterocycles. The quantitative estimate of drug-likeness (QED) is 0.850. The van der Waals surface area contributed by atoms with Crippen molar-refractivity contribution in [2.24, 2.45) is 5.73 Å². The molecule has 0 unspecified atom stereocenters. The molecular formula is C12H13BrN4O. The average molecular weight is 309 g/mol. The van der Waals surface area contributed by atoms with Gasteiger partial charge in [0.15, 0.2) is 0 Å². The summed E-state index contributed by atoms with van der Waals surface area (Å²) in [6.45, 7) is 2.58. The zero-order valence-corrected chi connectivity index (χ0v) is 11.4. The largest absolute Gasteiger partial charge is 0.318 e. The fraction of sp³-hybridized carbons (Fsp3) is 0.333. The molecule has 0 bridgehead atoms. The first-order chi connectivity index (χ1) is 8.69. The molecular weight excluding hydrogens is 296 g/mol. The van der Waals surface area contributed by atoms with E-state index in [1.54, 1.807) is 4.57 Å². The third kappa shape index (κ3) is 1.86. The van der Waals surface area contributed by atoms with Gasteiger partial charge in [0, 0.05) is 24.2 Å². The normalized spacial score (nSPS) is 15.9. The van der Waals surface area contributed by atoms with E-state index in [0.717, 1.165) is 22.4 Å². The van der Waals surface area contributed by atoms with Crippen LogP contribution in [0.15, 0.2) is 27.5 Å². The minimum atomic E-state index is 0.0409. The van der Waals surface area contributed by atoms with E-state index in [2.05, 4.69) is 25.8 Å². The molecule has 2 aromatic rings. The second-order valence-corrected chi connectivity index (χ2v) is 5.30. The van der Waals surface area contributed by atoms with Crippen LogP contribution in [0.4, 0.5) is 0 Å². The van der Waals surface area contributed by atoms with Gasteiger partial charge in [-0.25, -0.2) is 4.98 Å². The molecule has 0 saturated carbocycles. The zero-order valence-electron chi connectivity index (χ0n) is 9.77. The van der Waals surface area contributed by atoms with E-state index in [1.165, 1.54) is 0 Å². The van der Waals surface area contributed by atoms with Gasteiger partial charge in [0.2, 0.25) is 0 Å². The van der Waals surface area contributed by atoms with Crippen molar-refractivity contribution in [2.75, 3.05) is 13.2 Å². The van der Waals surface area contributed by atoms with Crippen LogP contribution in [0.5, 0.6) is 0 Å². The van der Waals surface area contributed by atoms with Crippen LogP contribution in [0.2, 0.25) is 0 Å². The summed E-state index contributed by atoms with van der Waals surface area (Å²) in [7, 11) is 0. The number of benzene rings is 1. The lowest BCUT2D eigenvalue weighted by atomic mass is 10.2. The van der Waals surface area contributed by atoms with Crippen LogP contribution >= 0.6 is 15.9 Å². The molecule has 0 fully saturated rings. The van der Waals surface area contributed by atoms with Crippen molar-refractivity contribution in [3.8, 4) is 0 Å². The Kier molecular flexibility index (Phi) is 2.93. The van der Waals surface area contributed by atoms with Gasteiger partial charge < -0.3 is 5.73 Å². The SMILES string of the molecule is NCN1CCn2c(nc3cc(Br)ccc3c2=O)C1. The number of rotatable bonds is 1. The predicted octanol–water partition coefficient (Wildman–Crippen LogP) is 0.891. The fourth-order valence-electron chi connectivity index (χ4n) is 2.27. The van der Waals surface area contributed by atoms with Gasteiger partial charge in [-0.1, -0.05) is 15.9 Å². The molecule has 3 rings (SSSR count). The molecule has 0 aliphatic carbocycles. The van der Waals surface area contributed by atoms with Crippen molar-refractivity contribution in [3.05, 3.63) is 38.9 Å². The lowest BCUT2D eigenvalue weighted by Crippen LogP contribution is -2.42. The highest BCUT2D eigenvalue weighted by Crippen LogP contribution is 2.17. The fourth-order valence-corrected chi connectivity index (χ4v) is 2.62. The number of fused-ring (bicyclic) bond motifs is 2. The van der Waals surface area contributed by atoms with Gasteiger partial charge >= 0.3 is 0 Å². The Bertz CT molecular complexity index is 667. The first-order valence-electron chi connectivity index (χ1n) is 5.80. The molecule has 1 aromatic carbocycles. The monoisotopic (exact) mass is 308 g/mol. The van der Waals surface area contributed by atoms with E-state index in [1.807, 2.05) is 18.2 Å². The van der Waals surface area contributed by atoms with E-state index >= 15 is 0 Å². The average Bonchev–Trinajstić information content (AvgIpc) is 2.38. The number of aromatic nitrogens is 2. The van der Waals surface area contributed by atoms with Crippen LogP contribution in [0, 0.1) is 0 Å². The third-order valence-corrected chi connectivity index (χ3v) is 3.75. The van der Waals surface area contributed by atoms with E-state index in [9.17, 15) is 4.79 Å². The topological polar surface area (TPSA) is 64.2 Å². The lowest BCUT2D eigenvalue weighted by molar-refractivity contribution is 0.218. The van der Waals surface area contributed by atoms with Crippen LogP contribution in [0.25, 0.3) is 10.9 Å². The van der Waals surface area contributed by atoms with Gasteiger partial charge in [0.05, 0.1) is 17.4 Å². The van der Waals surface area contributed by atoms with Crippen molar-refractivity contribution >= 4 is 26.8 Å². The molecule has 94 valence electrons. The number of hydrogen-bond acceptors (Lipinski definition) is 4. The maximum absolute atomic E-state index is 12.3. The smallest absolute Gasteiger partial charge is 0.261 e.